The molecule has 5 heteroatoms. The Balaban J connectivity index is 2.83. The predicted octanol–water partition coefficient (Wildman–Crippen LogP) is 3.07. The van der Waals surface area contributed by atoms with Gasteiger partial charge in [0.25, 0.3) is 6.43 Å². The van der Waals surface area contributed by atoms with Crippen molar-refractivity contribution in [2.75, 3.05) is 5.43 Å². The van der Waals surface area contributed by atoms with Gasteiger partial charge in [0, 0.05) is 5.39 Å². The first-order valence-electron chi connectivity index (χ1n) is 5.20. The number of hydrogen-bond donors (Lipinski definition) is 2. The van der Waals surface area contributed by atoms with Crippen LogP contribution in [0.25, 0.3) is 10.9 Å². The van der Waals surface area contributed by atoms with Crippen molar-refractivity contribution in [2.45, 2.75) is 20.3 Å². The summed E-state index contributed by atoms with van der Waals surface area (Å²) in [6.07, 6.45) is -2.61. The zero-order chi connectivity index (χ0) is 12.6. The molecular formula is C12H13F2N3. The minimum Gasteiger partial charge on any atom is -0.323 e. The van der Waals surface area contributed by atoms with E-state index in [1.807, 2.05) is 26.0 Å². The number of hydrogen-bond acceptors (Lipinski definition) is 3. The number of rotatable bonds is 2. The minimum absolute atomic E-state index is 0.265. The van der Waals surface area contributed by atoms with Gasteiger partial charge in [0.15, 0.2) is 0 Å². The first-order chi connectivity index (χ1) is 8.04. The molecular weight excluding hydrogens is 224 g/mol. The van der Waals surface area contributed by atoms with Gasteiger partial charge in [-0.15, -0.1) is 0 Å². The summed E-state index contributed by atoms with van der Waals surface area (Å²) in [6, 6.07) is 5.03. The number of fused-ring (bicyclic) bond motifs is 1. The fourth-order valence-electron chi connectivity index (χ4n) is 1.78. The Kier molecular flexibility index (Phi) is 2.93. The summed E-state index contributed by atoms with van der Waals surface area (Å²) in [6.45, 7) is 3.78. The molecule has 0 unspecified atom stereocenters. The van der Waals surface area contributed by atoms with Gasteiger partial charge in [-0.3, -0.25) is 5.84 Å². The van der Waals surface area contributed by atoms with Crippen LogP contribution in [0.5, 0.6) is 0 Å². The molecule has 3 nitrogen and oxygen atoms in total. The summed E-state index contributed by atoms with van der Waals surface area (Å²) in [5.41, 5.74) is 5.11. The second kappa shape index (κ2) is 4.25. The first-order valence-corrected chi connectivity index (χ1v) is 5.20. The lowest BCUT2D eigenvalue weighted by molar-refractivity contribution is 0.146. The Bertz CT molecular complexity index is 567. The number of nitrogens with one attached hydrogen (secondary N) is 1. The van der Waals surface area contributed by atoms with E-state index in [1.54, 1.807) is 0 Å². The van der Waals surface area contributed by atoms with E-state index in [2.05, 4.69) is 10.4 Å². The van der Waals surface area contributed by atoms with Crippen molar-refractivity contribution in [1.29, 1.82) is 0 Å². The second-order valence-electron chi connectivity index (χ2n) is 3.94. The molecule has 0 atom stereocenters. The van der Waals surface area contributed by atoms with Crippen LogP contribution in [0.2, 0.25) is 0 Å². The number of pyridine rings is 1. The monoisotopic (exact) mass is 237 g/mol. The normalized spacial score (nSPS) is 11.2. The predicted molar refractivity (Wildman–Crippen MR) is 64.0 cm³/mol. The summed E-state index contributed by atoms with van der Waals surface area (Å²) in [7, 11) is 0. The molecule has 1 aromatic heterocycles. The zero-order valence-corrected chi connectivity index (χ0v) is 9.59. The maximum atomic E-state index is 12.7. The van der Waals surface area contributed by atoms with Gasteiger partial charge in [-0.25, -0.2) is 13.8 Å². The molecule has 2 aromatic rings. The van der Waals surface area contributed by atoms with E-state index in [-0.39, 0.29) is 5.69 Å². The van der Waals surface area contributed by atoms with Crippen molar-refractivity contribution in [3.05, 3.63) is 35.0 Å². The number of alkyl halides is 2. The molecule has 3 N–H and O–H groups in total. The van der Waals surface area contributed by atoms with Gasteiger partial charge in [0.1, 0.15) is 5.69 Å². The van der Waals surface area contributed by atoms with Gasteiger partial charge >= 0.3 is 0 Å². The maximum Gasteiger partial charge on any atom is 0.280 e. The molecule has 0 aliphatic rings. The molecule has 0 aliphatic carbocycles. The zero-order valence-electron chi connectivity index (χ0n) is 9.59. The molecule has 0 saturated heterocycles. The molecule has 1 aromatic carbocycles. The molecule has 0 radical (unpaired) electrons. The van der Waals surface area contributed by atoms with E-state index in [1.165, 1.54) is 6.07 Å². The molecule has 0 saturated carbocycles. The van der Waals surface area contributed by atoms with Gasteiger partial charge < -0.3 is 5.43 Å². The standard InChI is InChI=1S/C12H13F2N3/c1-6-3-4-8-9(17-15)5-10(12(13)14)16-11(8)7(6)2/h3-5,12H,15H2,1-2H3,(H,16,17). The van der Waals surface area contributed by atoms with Crippen molar-refractivity contribution in [3.63, 3.8) is 0 Å². The smallest absolute Gasteiger partial charge is 0.280 e. The summed E-state index contributed by atoms with van der Waals surface area (Å²) < 4.78 is 25.4. The lowest BCUT2D eigenvalue weighted by Crippen LogP contribution is -2.09. The molecule has 17 heavy (non-hydrogen) atoms. The Morgan fingerprint density at radius 2 is 2.00 bits per heavy atom. The Labute approximate surface area is 97.6 Å². The number of halogens is 2. The van der Waals surface area contributed by atoms with Gasteiger partial charge in [-0.05, 0) is 31.0 Å². The van der Waals surface area contributed by atoms with Gasteiger partial charge in [0.2, 0.25) is 0 Å². The molecule has 0 bridgehead atoms. The van der Waals surface area contributed by atoms with Crippen LogP contribution in [-0.2, 0) is 0 Å². The molecule has 0 aliphatic heterocycles. The molecule has 90 valence electrons. The number of anilines is 1. The average Bonchev–Trinajstić information content (AvgIpc) is 2.32. The van der Waals surface area contributed by atoms with Gasteiger partial charge in [-0.2, -0.15) is 0 Å². The number of hydrazine groups is 1. The number of aryl methyl sites for hydroxylation is 2. The fourth-order valence-corrected chi connectivity index (χ4v) is 1.78. The fraction of sp³-hybridized carbons (Fsp3) is 0.250. The van der Waals surface area contributed by atoms with E-state index in [9.17, 15) is 8.78 Å². The van der Waals surface area contributed by atoms with Crippen LogP contribution < -0.4 is 11.3 Å². The highest BCUT2D eigenvalue weighted by molar-refractivity contribution is 5.93. The summed E-state index contributed by atoms with van der Waals surface area (Å²) in [5.74, 6) is 5.35. The van der Waals surface area contributed by atoms with Crippen molar-refractivity contribution in [1.82, 2.24) is 4.98 Å². The van der Waals surface area contributed by atoms with Crippen molar-refractivity contribution >= 4 is 16.6 Å². The van der Waals surface area contributed by atoms with Crippen molar-refractivity contribution in [3.8, 4) is 0 Å². The molecule has 2 rings (SSSR count). The number of nitrogens with two attached hydrogens (primary N) is 1. The van der Waals surface area contributed by atoms with E-state index in [4.69, 9.17) is 5.84 Å². The van der Waals surface area contributed by atoms with Crippen LogP contribution >= 0.6 is 0 Å². The summed E-state index contributed by atoms with van der Waals surface area (Å²) >= 11 is 0. The Hall–Kier alpha value is -1.75. The van der Waals surface area contributed by atoms with Gasteiger partial charge in [-0.1, -0.05) is 12.1 Å². The van der Waals surface area contributed by atoms with Crippen LogP contribution in [0.3, 0.4) is 0 Å². The third-order valence-electron chi connectivity index (χ3n) is 2.90. The first kappa shape index (κ1) is 11.7. The molecule has 1 heterocycles. The highest BCUT2D eigenvalue weighted by Crippen LogP contribution is 2.29. The highest BCUT2D eigenvalue weighted by atomic mass is 19.3. The Morgan fingerprint density at radius 3 is 2.59 bits per heavy atom. The van der Waals surface area contributed by atoms with Gasteiger partial charge in [0.05, 0.1) is 11.2 Å². The van der Waals surface area contributed by atoms with Crippen LogP contribution in [-0.4, -0.2) is 4.98 Å². The average molecular weight is 237 g/mol. The number of benzene rings is 1. The third-order valence-corrected chi connectivity index (χ3v) is 2.90. The maximum absolute atomic E-state index is 12.7. The van der Waals surface area contributed by atoms with E-state index in [0.29, 0.717) is 11.2 Å². The molecule has 0 amide bonds. The molecule has 0 spiro atoms. The largest absolute Gasteiger partial charge is 0.323 e. The van der Waals surface area contributed by atoms with Crippen LogP contribution in [0.4, 0.5) is 14.5 Å². The number of aromatic nitrogens is 1. The van der Waals surface area contributed by atoms with E-state index in [0.717, 1.165) is 16.5 Å². The van der Waals surface area contributed by atoms with Crippen LogP contribution in [0.15, 0.2) is 18.2 Å². The van der Waals surface area contributed by atoms with Crippen molar-refractivity contribution in [2.24, 2.45) is 5.84 Å². The lowest BCUT2D eigenvalue weighted by Gasteiger charge is -2.11. The SMILES string of the molecule is Cc1ccc2c(NN)cc(C(F)F)nc2c1C. The lowest BCUT2D eigenvalue weighted by atomic mass is 10.0. The van der Waals surface area contributed by atoms with E-state index >= 15 is 0 Å². The second-order valence-corrected chi connectivity index (χ2v) is 3.94. The summed E-state index contributed by atoms with van der Waals surface area (Å²) in [4.78, 5) is 4.00. The highest BCUT2D eigenvalue weighted by Gasteiger charge is 2.14. The summed E-state index contributed by atoms with van der Waals surface area (Å²) in [5, 5.41) is 0.750. The quantitative estimate of drug-likeness (QED) is 0.623. The number of nitrogens with zero attached hydrogens (tertiary/aromatic N) is 1. The van der Waals surface area contributed by atoms with E-state index < -0.39 is 6.43 Å². The Morgan fingerprint density at radius 1 is 1.29 bits per heavy atom. The van der Waals surface area contributed by atoms with Crippen LogP contribution in [0, 0.1) is 13.8 Å². The van der Waals surface area contributed by atoms with Crippen molar-refractivity contribution < 1.29 is 8.78 Å². The number of nitrogen functional groups attached to an aromatic ring is 1. The third kappa shape index (κ3) is 1.93. The topological polar surface area (TPSA) is 50.9 Å². The van der Waals surface area contributed by atoms with Crippen LogP contribution in [0.1, 0.15) is 23.2 Å². The molecule has 0 fully saturated rings. The minimum atomic E-state index is -2.61.